The molecule has 0 unspecified atom stereocenters. The fourth-order valence-corrected chi connectivity index (χ4v) is 2.71. The third-order valence-corrected chi connectivity index (χ3v) is 3.90. The molecular weight excluding hydrogens is 318 g/mol. The fraction of sp³-hybridized carbons (Fsp3) is 0.0526. The molecule has 0 aliphatic carbocycles. The van der Waals surface area contributed by atoms with E-state index in [2.05, 4.69) is 4.98 Å². The van der Waals surface area contributed by atoms with Gasteiger partial charge in [0.1, 0.15) is 11.6 Å². The quantitative estimate of drug-likeness (QED) is 0.255. The summed E-state index contributed by atoms with van der Waals surface area (Å²) in [6.07, 6.45) is 1.44. The first kappa shape index (κ1) is 16.1. The molecule has 6 nitrogen and oxygen atoms in total. The minimum Gasteiger partial charge on any atom is -0.358 e. The number of hydrogen-bond donors (Lipinski definition) is 1. The zero-order chi connectivity index (χ0) is 18.0. The van der Waals surface area contributed by atoms with Gasteiger partial charge in [-0.05, 0) is 36.8 Å². The molecule has 1 N–H and O–H groups in total. The summed E-state index contributed by atoms with van der Waals surface area (Å²) in [5, 5.41) is 20.9. The van der Waals surface area contributed by atoms with Crippen molar-refractivity contribution < 1.29 is 9.72 Å². The van der Waals surface area contributed by atoms with Gasteiger partial charge < -0.3 is 4.98 Å². The van der Waals surface area contributed by atoms with Crippen LogP contribution in [0.25, 0.3) is 17.0 Å². The largest absolute Gasteiger partial charge is 0.358 e. The zero-order valence-corrected chi connectivity index (χ0v) is 13.3. The molecule has 0 spiro atoms. The van der Waals surface area contributed by atoms with E-state index in [1.807, 2.05) is 30.3 Å². The topological polar surface area (TPSA) is 99.8 Å². The Morgan fingerprint density at radius 1 is 1.20 bits per heavy atom. The van der Waals surface area contributed by atoms with Gasteiger partial charge in [-0.15, -0.1) is 0 Å². The number of non-ortho nitro benzene ring substituents is 1. The van der Waals surface area contributed by atoms with Crippen molar-refractivity contribution in [1.29, 1.82) is 5.26 Å². The number of hydrogen-bond acceptors (Lipinski definition) is 4. The first-order chi connectivity index (χ1) is 12.0. The van der Waals surface area contributed by atoms with Crippen LogP contribution in [-0.2, 0) is 0 Å². The van der Waals surface area contributed by atoms with Crippen molar-refractivity contribution in [3.05, 3.63) is 81.0 Å². The second kappa shape index (κ2) is 6.42. The Labute approximate surface area is 143 Å². The predicted octanol–water partition coefficient (Wildman–Crippen LogP) is 4.17. The van der Waals surface area contributed by atoms with Gasteiger partial charge in [0.05, 0.1) is 10.5 Å². The summed E-state index contributed by atoms with van der Waals surface area (Å²) in [5.74, 6) is -0.379. The SMILES string of the molecule is Cc1[nH]c2ccccc2c1C(=O)/C(C#N)=C/c1ccc([N+](=O)[O-])cc1. The monoisotopic (exact) mass is 331 g/mol. The number of allylic oxidation sites excluding steroid dienone is 1. The molecule has 1 heterocycles. The van der Waals surface area contributed by atoms with Crippen LogP contribution in [0.4, 0.5) is 5.69 Å². The number of carbonyl (C=O) groups excluding carboxylic acids is 1. The molecule has 2 aromatic carbocycles. The molecule has 6 heteroatoms. The summed E-state index contributed by atoms with van der Waals surface area (Å²) in [6.45, 7) is 1.79. The van der Waals surface area contributed by atoms with E-state index in [0.717, 1.165) is 10.9 Å². The van der Waals surface area contributed by atoms with Crippen molar-refractivity contribution in [1.82, 2.24) is 4.98 Å². The Balaban J connectivity index is 2.02. The molecule has 122 valence electrons. The minimum atomic E-state index is -0.501. The summed E-state index contributed by atoms with van der Waals surface area (Å²) in [4.78, 5) is 26.2. The molecule has 0 atom stereocenters. The van der Waals surface area contributed by atoms with Gasteiger partial charge in [-0.3, -0.25) is 14.9 Å². The normalized spacial score (nSPS) is 11.3. The molecule has 0 fully saturated rings. The van der Waals surface area contributed by atoms with E-state index in [0.29, 0.717) is 16.8 Å². The van der Waals surface area contributed by atoms with Gasteiger partial charge in [-0.25, -0.2) is 0 Å². The maximum absolute atomic E-state index is 12.8. The lowest BCUT2D eigenvalue weighted by molar-refractivity contribution is -0.384. The number of nitrogens with zero attached hydrogens (tertiary/aromatic N) is 2. The van der Waals surface area contributed by atoms with Gasteiger partial charge >= 0.3 is 0 Å². The van der Waals surface area contributed by atoms with Crippen LogP contribution in [-0.4, -0.2) is 15.7 Å². The van der Waals surface area contributed by atoms with Crippen LogP contribution < -0.4 is 0 Å². The van der Waals surface area contributed by atoms with Crippen molar-refractivity contribution in [2.45, 2.75) is 6.92 Å². The average molecular weight is 331 g/mol. The average Bonchev–Trinajstić information content (AvgIpc) is 2.95. The number of nitriles is 1. The van der Waals surface area contributed by atoms with Crippen molar-refractivity contribution in [3.63, 3.8) is 0 Å². The maximum Gasteiger partial charge on any atom is 0.269 e. The highest BCUT2D eigenvalue weighted by molar-refractivity contribution is 6.20. The summed E-state index contributed by atoms with van der Waals surface area (Å²) in [7, 11) is 0. The van der Waals surface area contributed by atoms with E-state index in [-0.39, 0.29) is 17.0 Å². The number of para-hydroxylation sites is 1. The number of aryl methyl sites for hydroxylation is 1. The van der Waals surface area contributed by atoms with Crippen LogP contribution in [0.15, 0.2) is 54.1 Å². The summed E-state index contributed by atoms with van der Waals surface area (Å²) >= 11 is 0. The number of nitro groups is 1. The van der Waals surface area contributed by atoms with E-state index >= 15 is 0 Å². The number of benzene rings is 2. The van der Waals surface area contributed by atoms with Crippen molar-refractivity contribution in [2.24, 2.45) is 0 Å². The molecule has 0 bridgehead atoms. The Kier molecular flexibility index (Phi) is 4.14. The molecule has 0 saturated carbocycles. The molecule has 0 aliphatic heterocycles. The molecule has 0 aliphatic rings. The van der Waals surface area contributed by atoms with E-state index < -0.39 is 4.92 Å². The zero-order valence-electron chi connectivity index (χ0n) is 13.3. The molecule has 1 aromatic heterocycles. The Hall–Kier alpha value is -3.72. The molecule has 3 rings (SSSR count). The van der Waals surface area contributed by atoms with Gasteiger partial charge in [-0.2, -0.15) is 5.26 Å². The van der Waals surface area contributed by atoms with Crippen LogP contribution in [0, 0.1) is 28.4 Å². The van der Waals surface area contributed by atoms with E-state index in [1.165, 1.54) is 30.3 Å². The minimum absolute atomic E-state index is 0.0262. The number of rotatable bonds is 4. The van der Waals surface area contributed by atoms with Gasteiger partial charge in [-0.1, -0.05) is 18.2 Å². The predicted molar refractivity (Wildman–Crippen MR) is 94.1 cm³/mol. The Morgan fingerprint density at radius 2 is 1.88 bits per heavy atom. The smallest absolute Gasteiger partial charge is 0.269 e. The number of ketones is 1. The van der Waals surface area contributed by atoms with Crippen molar-refractivity contribution >= 4 is 28.4 Å². The number of carbonyl (C=O) groups is 1. The highest BCUT2D eigenvalue weighted by Crippen LogP contribution is 2.25. The number of aromatic amines is 1. The van der Waals surface area contributed by atoms with Gasteiger partial charge in [0.15, 0.2) is 0 Å². The lowest BCUT2D eigenvalue weighted by Crippen LogP contribution is -2.03. The van der Waals surface area contributed by atoms with Gasteiger partial charge in [0, 0.05) is 28.7 Å². The number of H-pyrrole nitrogens is 1. The van der Waals surface area contributed by atoms with Crippen molar-refractivity contribution in [2.75, 3.05) is 0 Å². The van der Waals surface area contributed by atoms with E-state index in [9.17, 15) is 20.2 Å². The highest BCUT2D eigenvalue weighted by Gasteiger charge is 2.19. The van der Waals surface area contributed by atoms with Crippen LogP contribution >= 0.6 is 0 Å². The standard InChI is InChI=1S/C19H13N3O3/c1-12-18(16-4-2-3-5-17(16)21-12)19(23)14(11-20)10-13-6-8-15(9-7-13)22(24)25/h2-10,21H,1H3/b14-10+. The first-order valence-corrected chi connectivity index (χ1v) is 7.49. The molecule has 0 radical (unpaired) electrons. The lowest BCUT2D eigenvalue weighted by atomic mass is 9.99. The van der Waals surface area contributed by atoms with Crippen LogP contribution in [0.1, 0.15) is 21.6 Å². The number of nitrogens with one attached hydrogen (secondary N) is 1. The second-order valence-corrected chi connectivity index (χ2v) is 5.52. The molecular formula is C19H13N3O3. The number of fused-ring (bicyclic) bond motifs is 1. The maximum atomic E-state index is 12.8. The molecule has 3 aromatic rings. The van der Waals surface area contributed by atoms with Gasteiger partial charge in [0.25, 0.3) is 5.69 Å². The first-order valence-electron chi connectivity index (χ1n) is 7.49. The molecule has 0 amide bonds. The highest BCUT2D eigenvalue weighted by atomic mass is 16.6. The van der Waals surface area contributed by atoms with Crippen LogP contribution in [0.5, 0.6) is 0 Å². The fourth-order valence-electron chi connectivity index (χ4n) is 2.71. The third kappa shape index (κ3) is 3.03. The third-order valence-electron chi connectivity index (χ3n) is 3.90. The summed E-state index contributed by atoms with van der Waals surface area (Å²) < 4.78 is 0. The van der Waals surface area contributed by atoms with E-state index in [1.54, 1.807) is 6.92 Å². The number of nitro benzene ring substituents is 1. The van der Waals surface area contributed by atoms with E-state index in [4.69, 9.17) is 0 Å². The Bertz CT molecular complexity index is 1050. The summed E-state index contributed by atoms with van der Waals surface area (Å²) in [6, 6.07) is 15.0. The lowest BCUT2D eigenvalue weighted by Gasteiger charge is -2.01. The number of Topliss-reactive ketones (excluding diaryl/α,β-unsaturated/α-hetero) is 1. The van der Waals surface area contributed by atoms with Crippen LogP contribution in [0.2, 0.25) is 0 Å². The van der Waals surface area contributed by atoms with Gasteiger partial charge in [0.2, 0.25) is 5.78 Å². The Morgan fingerprint density at radius 3 is 2.52 bits per heavy atom. The summed E-state index contributed by atoms with van der Waals surface area (Å²) in [5.41, 5.74) is 2.46. The molecule has 0 saturated heterocycles. The second-order valence-electron chi connectivity index (χ2n) is 5.52. The van der Waals surface area contributed by atoms with Crippen LogP contribution in [0.3, 0.4) is 0 Å². The van der Waals surface area contributed by atoms with Crippen molar-refractivity contribution in [3.8, 4) is 6.07 Å². The molecule has 25 heavy (non-hydrogen) atoms. The number of aromatic nitrogens is 1.